The van der Waals surface area contributed by atoms with Crippen molar-refractivity contribution in [3.05, 3.63) is 33.9 Å². The number of aryl methyl sites for hydroxylation is 1. The van der Waals surface area contributed by atoms with E-state index in [1.807, 2.05) is 0 Å². The lowest BCUT2D eigenvalue weighted by Gasteiger charge is -2.26. The van der Waals surface area contributed by atoms with Crippen molar-refractivity contribution in [1.29, 1.82) is 0 Å². The minimum Gasteiger partial charge on any atom is -0.481 e. The van der Waals surface area contributed by atoms with Gasteiger partial charge in [-0.15, -0.1) is 0 Å². The highest BCUT2D eigenvalue weighted by molar-refractivity contribution is 5.67. The quantitative estimate of drug-likeness (QED) is 0.631. The lowest BCUT2D eigenvalue weighted by Crippen LogP contribution is -2.26. The zero-order chi connectivity index (χ0) is 13.1. The third-order valence-corrected chi connectivity index (χ3v) is 3.13. The molecule has 18 heavy (non-hydrogen) atoms. The van der Waals surface area contributed by atoms with Gasteiger partial charge in [0.15, 0.2) is 0 Å². The van der Waals surface area contributed by atoms with Gasteiger partial charge in [-0.3, -0.25) is 14.9 Å². The summed E-state index contributed by atoms with van der Waals surface area (Å²) in [5, 5.41) is 22.5. The smallest absolute Gasteiger partial charge is 0.303 e. The molecule has 0 aliphatic carbocycles. The van der Waals surface area contributed by atoms with Crippen LogP contribution in [0.4, 0.5) is 11.4 Å². The molecule has 1 unspecified atom stereocenters. The van der Waals surface area contributed by atoms with Crippen LogP contribution in [0.5, 0.6) is 0 Å². The maximum Gasteiger partial charge on any atom is 0.303 e. The molecule has 2 N–H and O–H groups in total. The number of hydrogen-bond acceptors (Lipinski definition) is 4. The molecular formula is C12H14N2O4. The summed E-state index contributed by atoms with van der Waals surface area (Å²) in [5.41, 5.74) is 1.86. The van der Waals surface area contributed by atoms with Crippen molar-refractivity contribution in [2.24, 2.45) is 0 Å². The van der Waals surface area contributed by atoms with E-state index < -0.39 is 10.9 Å². The number of anilines is 1. The van der Waals surface area contributed by atoms with Crippen LogP contribution >= 0.6 is 0 Å². The summed E-state index contributed by atoms with van der Waals surface area (Å²) in [6.45, 7) is 0. The number of rotatable bonds is 4. The molecule has 6 heteroatoms. The number of carbonyl (C=O) groups is 1. The monoisotopic (exact) mass is 250 g/mol. The zero-order valence-electron chi connectivity index (χ0n) is 9.76. The van der Waals surface area contributed by atoms with Crippen LogP contribution in [0, 0.1) is 10.1 Å². The number of carboxylic acid groups (broad SMARTS) is 1. The highest BCUT2D eigenvalue weighted by atomic mass is 16.6. The molecule has 1 heterocycles. The minimum absolute atomic E-state index is 0.0557. The summed E-state index contributed by atoms with van der Waals surface area (Å²) < 4.78 is 0. The maximum atomic E-state index is 10.7. The van der Waals surface area contributed by atoms with E-state index in [2.05, 4.69) is 5.32 Å². The first-order valence-corrected chi connectivity index (χ1v) is 5.82. The third-order valence-electron chi connectivity index (χ3n) is 3.13. The number of aliphatic carboxylic acids is 1. The number of benzene rings is 1. The number of non-ortho nitro benzene ring substituents is 1. The number of nitro groups is 1. The largest absolute Gasteiger partial charge is 0.481 e. The summed E-state index contributed by atoms with van der Waals surface area (Å²) in [7, 11) is 0. The summed E-state index contributed by atoms with van der Waals surface area (Å²) >= 11 is 0. The maximum absolute atomic E-state index is 10.7. The normalized spacial score (nSPS) is 17.7. The highest BCUT2D eigenvalue weighted by Crippen LogP contribution is 2.29. The van der Waals surface area contributed by atoms with E-state index in [0.29, 0.717) is 6.42 Å². The highest BCUT2D eigenvalue weighted by Gasteiger charge is 2.20. The molecule has 6 nitrogen and oxygen atoms in total. The van der Waals surface area contributed by atoms with Gasteiger partial charge in [0.05, 0.1) is 4.92 Å². The Balaban J connectivity index is 2.09. The van der Waals surface area contributed by atoms with Crippen molar-refractivity contribution >= 4 is 17.3 Å². The fourth-order valence-corrected chi connectivity index (χ4v) is 2.17. The lowest BCUT2D eigenvalue weighted by atomic mass is 9.95. The fourth-order valence-electron chi connectivity index (χ4n) is 2.17. The van der Waals surface area contributed by atoms with Gasteiger partial charge in [0, 0.05) is 30.3 Å². The number of hydrogen-bond donors (Lipinski definition) is 2. The van der Waals surface area contributed by atoms with Crippen molar-refractivity contribution in [2.75, 3.05) is 5.32 Å². The first-order valence-electron chi connectivity index (χ1n) is 5.82. The summed E-state index contributed by atoms with van der Waals surface area (Å²) in [6, 6.07) is 4.85. The zero-order valence-corrected chi connectivity index (χ0v) is 9.76. The predicted molar refractivity (Wildman–Crippen MR) is 65.7 cm³/mol. The second-order valence-corrected chi connectivity index (χ2v) is 4.41. The Morgan fingerprint density at radius 1 is 1.56 bits per heavy atom. The molecule has 0 saturated carbocycles. The first kappa shape index (κ1) is 12.3. The second-order valence-electron chi connectivity index (χ2n) is 4.41. The summed E-state index contributed by atoms with van der Waals surface area (Å²) in [5.74, 6) is -0.818. The van der Waals surface area contributed by atoms with Gasteiger partial charge in [0.2, 0.25) is 0 Å². The van der Waals surface area contributed by atoms with E-state index in [1.165, 1.54) is 12.1 Å². The van der Waals surface area contributed by atoms with Crippen LogP contribution in [-0.2, 0) is 11.2 Å². The minimum atomic E-state index is -0.818. The standard InChI is InChI=1S/C12H14N2O4/c15-12(16)6-4-9-3-1-8-2-5-10(14(17)18)7-11(8)13-9/h2,5,7,9,13H,1,3-4,6H2,(H,15,16). The van der Waals surface area contributed by atoms with Gasteiger partial charge in [-0.25, -0.2) is 0 Å². The van der Waals surface area contributed by atoms with Gasteiger partial charge < -0.3 is 10.4 Å². The van der Waals surface area contributed by atoms with Crippen LogP contribution in [0.3, 0.4) is 0 Å². The molecule has 0 spiro atoms. The SMILES string of the molecule is O=C(O)CCC1CCc2ccc([N+](=O)[O-])cc2N1. The molecule has 1 aromatic rings. The molecule has 0 bridgehead atoms. The summed E-state index contributed by atoms with van der Waals surface area (Å²) in [6.07, 6.45) is 2.34. The number of nitro benzene ring substituents is 1. The van der Waals surface area contributed by atoms with Crippen LogP contribution in [0.25, 0.3) is 0 Å². The molecule has 96 valence electrons. The van der Waals surface area contributed by atoms with Crippen LogP contribution in [-0.4, -0.2) is 22.0 Å². The van der Waals surface area contributed by atoms with Gasteiger partial charge in [0.25, 0.3) is 5.69 Å². The lowest BCUT2D eigenvalue weighted by molar-refractivity contribution is -0.384. The van der Waals surface area contributed by atoms with Gasteiger partial charge in [-0.05, 0) is 24.8 Å². The first-order chi connectivity index (χ1) is 8.56. The van der Waals surface area contributed by atoms with E-state index in [9.17, 15) is 14.9 Å². The number of nitrogens with one attached hydrogen (secondary N) is 1. The van der Waals surface area contributed by atoms with Crippen molar-refractivity contribution < 1.29 is 14.8 Å². The average molecular weight is 250 g/mol. The van der Waals surface area contributed by atoms with Crippen LogP contribution in [0.2, 0.25) is 0 Å². The second kappa shape index (κ2) is 5.03. The van der Waals surface area contributed by atoms with Crippen molar-refractivity contribution in [3.8, 4) is 0 Å². The molecule has 1 aromatic carbocycles. The molecule has 0 radical (unpaired) electrons. The van der Waals surface area contributed by atoms with Crippen molar-refractivity contribution in [2.45, 2.75) is 31.7 Å². The average Bonchev–Trinajstić information content (AvgIpc) is 2.35. The Morgan fingerprint density at radius 2 is 2.33 bits per heavy atom. The van der Waals surface area contributed by atoms with Crippen LogP contribution in [0.1, 0.15) is 24.8 Å². The fraction of sp³-hybridized carbons (Fsp3) is 0.417. The Bertz CT molecular complexity index is 487. The Hall–Kier alpha value is -2.11. The molecule has 0 fully saturated rings. The number of carboxylic acids is 1. The van der Waals surface area contributed by atoms with Crippen LogP contribution in [0.15, 0.2) is 18.2 Å². The van der Waals surface area contributed by atoms with Gasteiger partial charge >= 0.3 is 5.97 Å². The van der Waals surface area contributed by atoms with E-state index in [1.54, 1.807) is 6.07 Å². The molecular weight excluding hydrogens is 236 g/mol. The summed E-state index contributed by atoms with van der Waals surface area (Å²) in [4.78, 5) is 20.8. The molecule has 1 aliphatic heterocycles. The van der Waals surface area contributed by atoms with Gasteiger partial charge in [0.1, 0.15) is 0 Å². The molecule has 0 saturated heterocycles. The Labute approximate surface area is 104 Å². The van der Waals surface area contributed by atoms with Gasteiger partial charge in [-0.2, -0.15) is 0 Å². The topological polar surface area (TPSA) is 92.5 Å². The molecule has 0 aromatic heterocycles. The molecule has 1 aliphatic rings. The Kier molecular flexibility index (Phi) is 3.45. The van der Waals surface area contributed by atoms with E-state index in [-0.39, 0.29) is 18.2 Å². The van der Waals surface area contributed by atoms with E-state index >= 15 is 0 Å². The third kappa shape index (κ3) is 2.77. The van der Waals surface area contributed by atoms with E-state index in [0.717, 1.165) is 24.1 Å². The molecule has 1 atom stereocenters. The van der Waals surface area contributed by atoms with Crippen molar-refractivity contribution in [1.82, 2.24) is 0 Å². The number of nitrogens with zero attached hydrogens (tertiary/aromatic N) is 1. The van der Waals surface area contributed by atoms with Crippen LogP contribution < -0.4 is 5.32 Å². The van der Waals surface area contributed by atoms with E-state index in [4.69, 9.17) is 5.11 Å². The Morgan fingerprint density at radius 3 is 3.00 bits per heavy atom. The van der Waals surface area contributed by atoms with Gasteiger partial charge in [-0.1, -0.05) is 6.07 Å². The number of fused-ring (bicyclic) bond motifs is 1. The molecule has 2 rings (SSSR count). The molecule has 0 amide bonds. The van der Waals surface area contributed by atoms with Crippen molar-refractivity contribution in [3.63, 3.8) is 0 Å². The predicted octanol–water partition coefficient (Wildman–Crippen LogP) is 2.19.